The van der Waals surface area contributed by atoms with Gasteiger partial charge < -0.3 is 9.47 Å². The van der Waals surface area contributed by atoms with Crippen molar-refractivity contribution in [2.45, 2.75) is 33.0 Å². The summed E-state index contributed by atoms with van der Waals surface area (Å²) in [6.45, 7) is 2.22. The van der Waals surface area contributed by atoms with Crippen LogP contribution in [0.1, 0.15) is 26.3 Å². The summed E-state index contributed by atoms with van der Waals surface area (Å²) in [6, 6.07) is 4.15. The number of rotatable bonds is 4. The van der Waals surface area contributed by atoms with E-state index >= 15 is 0 Å². The largest absolute Gasteiger partial charge is 0.457 e. The Hall–Kier alpha value is -1.62. The van der Waals surface area contributed by atoms with Gasteiger partial charge in [-0.3, -0.25) is 0 Å². The molecule has 3 nitrogen and oxygen atoms in total. The van der Waals surface area contributed by atoms with E-state index in [4.69, 9.17) is 16.3 Å². The highest BCUT2D eigenvalue weighted by molar-refractivity contribution is 6.30. The van der Waals surface area contributed by atoms with E-state index in [0.29, 0.717) is 5.02 Å². The van der Waals surface area contributed by atoms with Gasteiger partial charge in [0.15, 0.2) is 0 Å². The Morgan fingerprint density at radius 3 is 2.55 bits per heavy atom. The molecule has 0 amide bonds. The number of carbonyl (C=O) groups excluding carboxylic acids is 1. The Labute approximate surface area is 121 Å². The standard InChI is InChI=1S/C14H15ClF2O3/c1-14(2,3)20-12(18)7-4-9-8-10(15)5-6-11(9)19-13(16)17/h4-8,13H,1-3H3. The molecule has 0 aliphatic carbocycles. The van der Waals surface area contributed by atoms with Crippen LogP contribution in [0.25, 0.3) is 6.08 Å². The number of halogens is 3. The zero-order chi connectivity index (χ0) is 15.3. The number of hydrogen-bond donors (Lipinski definition) is 0. The fourth-order valence-electron chi connectivity index (χ4n) is 1.35. The van der Waals surface area contributed by atoms with Gasteiger partial charge in [-0.25, -0.2) is 4.79 Å². The van der Waals surface area contributed by atoms with Crippen LogP contribution in [0.3, 0.4) is 0 Å². The van der Waals surface area contributed by atoms with Gasteiger partial charge in [-0.15, -0.1) is 0 Å². The molecule has 0 heterocycles. The van der Waals surface area contributed by atoms with Crippen LogP contribution in [0.2, 0.25) is 5.02 Å². The van der Waals surface area contributed by atoms with Gasteiger partial charge in [0.2, 0.25) is 0 Å². The zero-order valence-electron chi connectivity index (χ0n) is 11.3. The van der Waals surface area contributed by atoms with Crippen molar-refractivity contribution in [1.82, 2.24) is 0 Å². The molecule has 0 atom stereocenters. The zero-order valence-corrected chi connectivity index (χ0v) is 12.1. The molecule has 110 valence electrons. The summed E-state index contributed by atoms with van der Waals surface area (Å²) in [5, 5.41) is 0.343. The maximum atomic E-state index is 12.3. The number of hydrogen-bond acceptors (Lipinski definition) is 3. The first kappa shape index (κ1) is 16.4. The molecule has 0 spiro atoms. The summed E-state index contributed by atoms with van der Waals surface area (Å²) in [5.74, 6) is -0.648. The van der Waals surface area contributed by atoms with Gasteiger partial charge in [0, 0.05) is 16.7 Å². The van der Waals surface area contributed by atoms with Gasteiger partial charge in [0.1, 0.15) is 11.4 Å². The highest BCUT2D eigenvalue weighted by Gasteiger charge is 2.14. The molecule has 1 rings (SSSR count). The number of esters is 1. The maximum Gasteiger partial charge on any atom is 0.387 e. The molecule has 0 saturated carbocycles. The summed E-state index contributed by atoms with van der Waals surface area (Å²) in [7, 11) is 0. The molecule has 0 aromatic heterocycles. The first-order valence-corrected chi connectivity index (χ1v) is 6.20. The Morgan fingerprint density at radius 2 is 2.00 bits per heavy atom. The number of benzene rings is 1. The smallest absolute Gasteiger partial charge is 0.387 e. The van der Waals surface area contributed by atoms with Crippen LogP contribution in [0.4, 0.5) is 8.78 Å². The highest BCUT2D eigenvalue weighted by Crippen LogP contribution is 2.25. The van der Waals surface area contributed by atoms with Gasteiger partial charge in [-0.2, -0.15) is 8.78 Å². The van der Waals surface area contributed by atoms with Crippen molar-refractivity contribution in [2.24, 2.45) is 0 Å². The predicted molar refractivity (Wildman–Crippen MR) is 73.0 cm³/mol. The average Bonchev–Trinajstić information content (AvgIpc) is 2.26. The third kappa shape index (κ3) is 6.02. The Morgan fingerprint density at radius 1 is 1.35 bits per heavy atom. The minimum atomic E-state index is -2.95. The number of alkyl halides is 2. The molecule has 0 unspecified atom stereocenters. The van der Waals surface area contributed by atoms with Crippen LogP contribution >= 0.6 is 11.6 Å². The van der Waals surface area contributed by atoms with E-state index in [0.717, 1.165) is 6.08 Å². The van der Waals surface area contributed by atoms with E-state index < -0.39 is 18.2 Å². The first-order valence-electron chi connectivity index (χ1n) is 5.83. The lowest BCUT2D eigenvalue weighted by Gasteiger charge is -2.18. The predicted octanol–water partition coefficient (Wildman–Crippen LogP) is 4.30. The van der Waals surface area contributed by atoms with Crippen LogP contribution in [0.5, 0.6) is 5.75 Å². The molecule has 20 heavy (non-hydrogen) atoms. The fourth-order valence-corrected chi connectivity index (χ4v) is 1.53. The molecular formula is C14H15ClF2O3. The molecule has 6 heteroatoms. The van der Waals surface area contributed by atoms with E-state index in [-0.39, 0.29) is 11.3 Å². The van der Waals surface area contributed by atoms with E-state index in [1.807, 2.05) is 0 Å². The average molecular weight is 305 g/mol. The van der Waals surface area contributed by atoms with Crippen LogP contribution in [-0.2, 0) is 9.53 Å². The van der Waals surface area contributed by atoms with Gasteiger partial charge in [0.05, 0.1) is 0 Å². The lowest BCUT2D eigenvalue weighted by atomic mass is 10.2. The topological polar surface area (TPSA) is 35.5 Å². The molecule has 1 aromatic carbocycles. The monoisotopic (exact) mass is 304 g/mol. The Kier molecular flexibility index (Phi) is 5.51. The Balaban J connectivity index is 2.90. The SMILES string of the molecule is CC(C)(C)OC(=O)C=Cc1cc(Cl)ccc1OC(F)F. The second-order valence-corrected chi connectivity index (χ2v) is 5.36. The minimum absolute atomic E-state index is 0.0655. The van der Waals surface area contributed by atoms with E-state index in [9.17, 15) is 13.6 Å². The molecule has 0 radical (unpaired) electrons. The molecule has 0 fully saturated rings. The summed E-state index contributed by atoms with van der Waals surface area (Å²) in [5.41, 5.74) is -0.360. The van der Waals surface area contributed by atoms with Crippen LogP contribution in [0.15, 0.2) is 24.3 Å². The van der Waals surface area contributed by atoms with E-state index in [1.54, 1.807) is 20.8 Å². The maximum absolute atomic E-state index is 12.3. The molecule has 0 N–H and O–H groups in total. The summed E-state index contributed by atoms with van der Waals surface area (Å²) >= 11 is 5.78. The number of ether oxygens (including phenoxy) is 2. The van der Waals surface area contributed by atoms with Crippen LogP contribution < -0.4 is 4.74 Å². The Bertz CT molecular complexity index is 508. The quantitative estimate of drug-likeness (QED) is 0.614. The van der Waals surface area contributed by atoms with Crippen molar-refractivity contribution >= 4 is 23.6 Å². The number of carbonyl (C=O) groups is 1. The minimum Gasteiger partial charge on any atom is -0.457 e. The van der Waals surface area contributed by atoms with Crippen molar-refractivity contribution in [3.05, 3.63) is 34.9 Å². The van der Waals surface area contributed by atoms with Gasteiger partial charge in [-0.1, -0.05) is 11.6 Å². The summed E-state index contributed by atoms with van der Waals surface area (Å²) < 4.78 is 33.9. The molecule has 0 aliphatic rings. The molecule has 0 aliphatic heterocycles. The van der Waals surface area contributed by atoms with Crippen molar-refractivity contribution in [2.75, 3.05) is 0 Å². The van der Waals surface area contributed by atoms with E-state index in [2.05, 4.69) is 4.74 Å². The third-order valence-electron chi connectivity index (χ3n) is 1.99. The molecule has 0 saturated heterocycles. The lowest BCUT2D eigenvalue weighted by molar-refractivity contribution is -0.148. The van der Waals surface area contributed by atoms with Crippen LogP contribution in [0, 0.1) is 0 Å². The van der Waals surface area contributed by atoms with Crippen molar-refractivity contribution in [3.8, 4) is 5.75 Å². The van der Waals surface area contributed by atoms with Gasteiger partial charge in [-0.05, 0) is 45.0 Å². The lowest BCUT2D eigenvalue weighted by Crippen LogP contribution is -2.22. The second kappa shape index (κ2) is 6.70. The highest BCUT2D eigenvalue weighted by atomic mass is 35.5. The van der Waals surface area contributed by atoms with Gasteiger partial charge in [0.25, 0.3) is 0 Å². The van der Waals surface area contributed by atoms with E-state index in [1.165, 1.54) is 24.3 Å². The first-order chi connectivity index (χ1) is 9.17. The van der Waals surface area contributed by atoms with Crippen molar-refractivity contribution < 1.29 is 23.0 Å². The van der Waals surface area contributed by atoms with Crippen molar-refractivity contribution in [3.63, 3.8) is 0 Å². The second-order valence-electron chi connectivity index (χ2n) is 4.93. The molecule has 1 aromatic rings. The summed E-state index contributed by atoms with van der Waals surface area (Å²) in [4.78, 5) is 11.5. The molecule has 0 bridgehead atoms. The normalized spacial score (nSPS) is 11.9. The summed E-state index contributed by atoms with van der Waals surface area (Å²) in [6.07, 6.45) is 2.45. The van der Waals surface area contributed by atoms with Crippen molar-refractivity contribution in [1.29, 1.82) is 0 Å². The third-order valence-corrected chi connectivity index (χ3v) is 2.23. The van der Waals surface area contributed by atoms with Gasteiger partial charge >= 0.3 is 12.6 Å². The van der Waals surface area contributed by atoms with Crippen LogP contribution in [-0.4, -0.2) is 18.2 Å². The fraction of sp³-hybridized carbons (Fsp3) is 0.357. The molecular weight excluding hydrogens is 290 g/mol.